The fourth-order valence-corrected chi connectivity index (χ4v) is 3.63. The van der Waals surface area contributed by atoms with Crippen LogP contribution in [0.15, 0.2) is 12.1 Å². The molecule has 1 aromatic rings. The lowest BCUT2D eigenvalue weighted by atomic mass is 10.0. The summed E-state index contributed by atoms with van der Waals surface area (Å²) < 4.78 is 65.9. The number of hydrogen-bond donors (Lipinski definition) is 2. The van der Waals surface area contributed by atoms with Crippen molar-refractivity contribution in [1.29, 1.82) is 0 Å². The average Bonchev–Trinajstić information content (AvgIpc) is 3.05. The van der Waals surface area contributed by atoms with E-state index >= 15 is 0 Å². The molecular formula is C19H22F5N3O2. The number of carbonyl (C=O) groups excluding carboxylic acids is 2. The van der Waals surface area contributed by atoms with Crippen molar-refractivity contribution < 1.29 is 31.5 Å². The van der Waals surface area contributed by atoms with E-state index in [1.54, 1.807) is 0 Å². The maximum Gasteiger partial charge on any atom is 0.260 e. The molecule has 1 heterocycles. The number of nitrogens with two attached hydrogens (primary N) is 1. The van der Waals surface area contributed by atoms with Crippen molar-refractivity contribution in [2.24, 2.45) is 11.7 Å². The fraction of sp³-hybridized carbons (Fsp3) is 0.579. The van der Waals surface area contributed by atoms with Gasteiger partial charge in [-0.3, -0.25) is 9.59 Å². The highest BCUT2D eigenvalue weighted by Gasteiger charge is 2.61. The molecule has 0 radical (unpaired) electrons. The molecule has 0 spiro atoms. The van der Waals surface area contributed by atoms with Crippen molar-refractivity contribution in [3.8, 4) is 0 Å². The molecule has 2 aliphatic rings. The van der Waals surface area contributed by atoms with Gasteiger partial charge in [-0.25, -0.2) is 22.0 Å². The number of alkyl halides is 2. The monoisotopic (exact) mass is 419 g/mol. The molecule has 0 bridgehead atoms. The second-order valence-corrected chi connectivity index (χ2v) is 7.67. The van der Waals surface area contributed by atoms with Gasteiger partial charge in [-0.2, -0.15) is 0 Å². The Balaban J connectivity index is 1.51. The Morgan fingerprint density at radius 3 is 2.52 bits per heavy atom. The minimum atomic E-state index is -2.95. The van der Waals surface area contributed by atoms with Crippen molar-refractivity contribution >= 4 is 11.8 Å². The molecular weight excluding hydrogens is 397 g/mol. The second-order valence-electron chi connectivity index (χ2n) is 7.67. The number of likely N-dealkylation sites (tertiary alicyclic amines) is 1. The highest BCUT2D eigenvalue weighted by molar-refractivity contribution is 5.83. The van der Waals surface area contributed by atoms with Crippen molar-refractivity contribution in [3.63, 3.8) is 0 Å². The van der Waals surface area contributed by atoms with Gasteiger partial charge in [0.05, 0.1) is 0 Å². The molecule has 1 saturated carbocycles. The maximum atomic E-state index is 13.7. The lowest BCUT2D eigenvalue weighted by Crippen LogP contribution is -2.45. The van der Waals surface area contributed by atoms with Crippen LogP contribution >= 0.6 is 0 Å². The largest absolute Gasteiger partial charge is 0.354 e. The molecule has 29 heavy (non-hydrogen) atoms. The highest BCUT2D eigenvalue weighted by Crippen LogP contribution is 2.48. The summed E-state index contributed by atoms with van der Waals surface area (Å²) >= 11 is 0. The fourth-order valence-electron chi connectivity index (χ4n) is 3.63. The average molecular weight is 419 g/mol. The van der Waals surface area contributed by atoms with E-state index in [0.717, 1.165) is 6.07 Å². The standard InChI is InChI=1S/C19H22F5N3O2/c20-14-7-16(22)15(21)5-10(14)4-11(25)6-17(28)27-3-1-2-12(27)9-26-18(29)13-8-19(13,23)24/h5,7,11-13H,1-4,6,8-9,25H2,(H,26,29)/t11-,12?,13?/m1/s1. The first-order valence-corrected chi connectivity index (χ1v) is 9.42. The lowest BCUT2D eigenvalue weighted by Gasteiger charge is -2.26. The van der Waals surface area contributed by atoms with Crippen LogP contribution in [0.1, 0.15) is 31.2 Å². The van der Waals surface area contributed by atoms with Crippen LogP contribution in [-0.4, -0.2) is 47.8 Å². The summed E-state index contributed by atoms with van der Waals surface area (Å²) in [5.41, 5.74) is 5.77. The van der Waals surface area contributed by atoms with Gasteiger partial charge in [0.15, 0.2) is 11.6 Å². The number of carbonyl (C=O) groups is 2. The topological polar surface area (TPSA) is 75.4 Å². The summed E-state index contributed by atoms with van der Waals surface area (Å²) in [5, 5.41) is 2.47. The molecule has 1 aromatic carbocycles. The van der Waals surface area contributed by atoms with Crippen LogP contribution in [0.25, 0.3) is 0 Å². The molecule has 160 valence electrons. The van der Waals surface area contributed by atoms with Gasteiger partial charge in [0.1, 0.15) is 11.7 Å². The van der Waals surface area contributed by atoms with Crippen molar-refractivity contribution in [2.45, 2.75) is 50.1 Å². The molecule has 3 rings (SSSR count). The first kappa shape index (κ1) is 21.5. The summed E-state index contributed by atoms with van der Waals surface area (Å²) in [5.74, 6) is -8.73. The van der Waals surface area contributed by atoms with Gasteiger partial charge in [0, 0.05) is 44.1 Å². The van der Waals surface area contributed by atoms with Crippen molar-refractivity contribution in [2.75, 3.05) is 13.1 Å². The molecule has 5 nitrogen and oxygen atoms in total. The van der Waals surface area contributed by atoms with Gasteiger partial charge in [-0.05, 0) is 30.9 Å². The highest BCUT2D eigenvalue weighted by atomic mass is 19.3. The van der Waals surface area contributed by atoms with E-state index in [4.69, 9.17) is 5.73 Å². The molecule has 2 amide bonds. The van der Waals surface area contributed by atoms with Gasteiger partial charge in [0.25, 0.3) is 5.92 Å². The number of halogens is 5. The SMILES string of the molecule is N[C@@H](CC(=O)N1CCCC1CNC(=O)C1CC1(F)F)Cc1cc(F)c(F)cc1F. The maximum absolute atomic E-state index is 13.7. The third-order valence-electron chi connectivity index (χ3n) is 5.36. The Labute approximate surface area is 164 Å². The molecule has 3 atom stereocenters. The minimum Gasteiger partial charge on any atom is -0.354 e. The van der Waals surface area contributed by atoms with Crippen LogP contribution < -0.4 is 11.1 Å². The smallest absolute Gasteiger partial charge is 0.260 e. The van der Waals surface area contributed by atoms with Crippen LogP contribution in [-0.2, 0) is 16.0 Å². The van der Waals surface area contributed by atoms with Crippen LogP contribution in [0.5, 0.6) is 0 Å². The van der Waals surface area contributed by atoms with Gasteiger partial charge in [-0.15, -0.1) is 0 Å². The molecule has 2 fully saturated rings. The van der Waals surface area contributed by atoms with Gasteiger partial charge >= 0.3 is 0 Å². The van der Waals surface area contributed by atoms with E-state index in [1.807, 2.05) is 0 Å². The summed E-state index contributed by atoms with van der Waals surface area (Å²) in [6, 6.07) is 0.00687. The Morgan fingerprint density at radius 1 is 1.21 bits per heavy atom. The Bertz CT molecular complexity index is 804. The summed E-state index contributed by atoms with van der Waals surface area (Å²) in [7, 11) is 0. The number of nitrogens with zero attached hydrogens (tertiary/aromatic N) is 1. The van der Waals surface area contributed by atoms with Gasteiger partial charge < -0.3 is 16.0 Å². The van der Waals surface area contributed by atoms with Crippen LogP contribution in [0.2, 0.25) is 0 Å². The molecule has 10 heteroatoms. The number of rotatable bonds is 7. The summed E-state index contributed by atoms with van der Waals surface area (Å²) in [4.78, 5) is 25.8. The normalized spacial score (nSPS) is 23.7. The number of amides is 2. The second kappa shape index (κ2) is 8.25. The summed E-state index contributed by atoms with van der Waals surface area (Å²) in [6.45, 7) is 0.509. The van der Waals surface area contributed by atoms with E-state index in [-0.39, 0.29) is 36.9 Å². The Morgan fingerprint density at radius 2 is 1.86 bits per heavy atom. The van der Waals surface area contributed by atoms with E-state index in [2.05, 4.69) is 5.32 Å². The lowest BCUT2D eigenvalue weighted by molar-refractivity contribution is -0.133. The van der Waals surface area contributed by atoms with E-state index in [9.17, 15) is 31.5 Å². The Hall–Kier alpha value is -2.23. The van der Waals surface area contributed by atoms with Crippen LogP contribution in [0.3, 0.4) is 0 Å². The zero-order chi connectivity index (χ0) is 21.3. The molecule has 0 aromatic heterocycles. The minimum absolute atomic E-state index is 0.0736. The number of hydrogen-bond acceptors (Lipinski definition) is 3. The van der Waals surface area contributed by atoms with E-state index in [0.29, 0.717) is 25.5 Å². The number of benzene rings is 1. The first-order valence-electron chi connectivity index (χ1n) is 9.42. The quantitative estimate of drug-likeness (QED) is 0.525. The zero-order valence-electron chi connectivity index (χ0n) is 15.6. The van der Waals surface area contributed by atoms with Crippen LogP contribution in [0, 0.1) is 23.4 Å². The van der Waals surface area contributed by atoms with Gasteiger partial charge in [0.2, 0.25) is 11.8 Å². The number of nitrogens with one attached hydrogen (secondary N) is 1. The zero-order valence-corrected chi connectivity index (χ0v) is 15.6. The van der Waals surface area contributed by atoms with Crippen LogP contribution in [0.4, 0.5) is 22.0 Å². The third kappa shape index (κ3) is 5.04. The van der Waals surface area contributed by atoms with Gasteiger partial charge in [-0.1, -0.05) is 0 Å². The molecule has 1 saturated heterocycles. The van der Waals surface area contributed by atoms with Crippen molar-refractivity contribution in [3.05, 3.63) is 35.1 Å². The molecule has 1 aliphatic heterocycles. The predicted octanol–water partition coefficient (Wildman–Crippen LogP) is 2.13. The first-order chi connectivity index (χ1) is 13.6. The Kier molecular flexibility index (Phi) is 6.11. The van der Waals surface area contributed by atoms with Crippen molar-refractivity contribution in [1.82, 2.24) is 10.2 Å². The summed E-state index contributed by atoms with van der Waals surface area (Å²) in [6.07, 6.45) is 0.547. The van der Waals surface area contributed by atoms with E-state index < -0.39 is 47.7 Å². The molecule has 3 N–H and O–H groups in total. The molecule has 2 unspecified atom stereocenters. The van der Waals surface area contributed by atoms with E-state index in [1.165, 1.54) is 4.90 Å². The third-order valence-corrected chi connectivity index (χ3v) is 5.36. The predicted molar refractivity (Wildman–Crippen MR) is 93.4 cm³/mol. The molecule has 1 aliphatic carbocycles.